The van der Waals surface area contributed by atoms with Crippen LogP contribution in [0.15, 0.2) is 6.20 Å². The lowest BCUT2D eigenvalue weighted by Gasteiger charge is -2.10. The highest BCUT2D eigenvalue weighted by molar-refractivity contribution is 7.11. The molecule has 0 saturated heterocycles. The van der Waals surface area contributed by atoms with Crippen molar-refractivity contribution in [2.45, 2.75) is 19.8 Å². The summed E-state index contributed by atoms with van der Waals surface area (Å²) in [5, 5.41) is 6.39. The van der Waals surface area contributed by atoms with Gasteiger partial charge in [-0.05, 0) is 6.92 Å². The van der Waals surface area contributed by atoms with Crippen molar-refractivity contribution in [3.63, 3.8) is 0 Å². The molecule has 106 valence electrons. The van der Waals surface area contributed by atoms with Crippen molar-refractivity contribution in [1.82, 2.24) is 20.5 Å². The summed E-state index contributed by atoms with van der Waals surface area (Å²) in [4.78, 5) is 29.6. The predicted octanol–water partition coefficient (Wildman–Crippen LogP) is 0.772. The van der Waals surface area contributed by atoms with Gasteiger partial charge in [-0.3, -0.25) is 4.79 Å². The molecule has 0 aliphatic rings. The van der Waals surface area contributed by atoms with Crippen LogP contribution < -0.4 is 10.6 Å². The first-order valence-electron chi connectivity index (χ1n) is 6.12. The van der Waals surface area contributed by atoms with E-state index in [0.717, 1.165) is 11.4 Å². The third-order valence-corrected chi connectivity index (χ3v) is 3.39. The number of thiazole rings is 1. The molecule has 0 unspecified atom stereocenters. The van der Waals surface area contributed by atoms with Gasteiger partial charge < -0.3 is 15.5 Å². The number of amides is 3. The van der Waals surface area contributed by atoms with Crippen LogP contribution in [-0.2, 0) is 11.2 Å². The molecule has 1 heterocycles. The van der Waals surface area contributed by atoms with E-state index < -0.39 is 0 Å². The van der Waals surface area contributed by atoms with Gasteiger partial charge in [-0.2, -0.15) is 0 Å². The number of hydrogen-bond acceptors (Lipinski definition) is 4. The average molecular weight is 284 g/mol. The summed E-state index contributed by atoms with van der Waals surface area (Å²) in [6.07, 6.45) is 2.86. The summed E-state index contributed by atoms with van der Waals surface area (Å²) in [6.45, 7) is 2.89. The fourth-order valence-electron chi connectivity index (χ4n) is 1.37. The Labute approximate surface area is 117 Å². The Bertz CT molecular complexity index is 431. The minimum atomic E-state index is -0.250. The lowest BCUT2D eigenvalue weighted by atomic mass is 10.4. The van der Waals surface area contributed by atoms with Crippen molar-refractivity contribution in [2.24, 2.45) is 0 Å². The Morgan fingerprint density at radius 3 is 2.58 bits per heavy atom. The highest BCUT2D eigenvalue weighted by Crippen LogP contribution is 2.10. The highest BCUT2D eigenvalue weighted by atomic mass is 32.1. The first kappa shape index (κ1) is 15.4. The molecular weight excluding hydrogens is 264 g/mol. The zero-order valence-electron chi connectivity index (χ0n) is 11.5. The summed E-state index contributed by atoms with van der Waals surface area (Å²) in [5.74, 6) is -0.00133. The Hall–Kier alpha value is -1.63. The van der Waals surface area contributed by atoms with Crippen molar-refractivity contribution in [2.75, 3.05) is 27.2 Å². The van der Waals surface area contributed by atoms with E-state index in [-0.39, 0.29) is 11.9 Å². The van der Waals surface area contributed by atoms with Crippen LogP contribution in [0.5, 0.6) is 0 Å². The van der Waals surface area contributed by atoms with E-state index in [1.807, 2.05) is 13.1 Å². The van der Waals surface area contributed by atoms with E-state index in [1.54, 1.807) is 25.4 Å². The minimum Gasteiger partial charge on any atom is -0.349 e. The number of nitrogens with one attached hydrogen (secondary N) is 2. The maximum Gasteiger partial charge on any atom is 0.314 e. The normalized spacial score (nSPS) is 10.1. The average Bonchev–Trinajstić information content (AvgIpc) is 2.74. The van der Waals surface area contributed by atoms with Crippen LogP contribution in [0.1, 0.15) is 16.3 Å². The van der Waals surface area contributed by atoms with E-state index in [1.165, 1.54) is 9.78 Å². The molecule has 6 nitrogen and oxygen atoms in total. The van der Waals surface area contributed by atoms with Crippen LogP contribution in [0, 0.1) is 6.92 Å². The van der Waals surface area contributed by atoms with Gasteiger partial charge in [0.2, 0.25) is 5.91 Å². The number of carbonyl (C=O) groups is 2. The molecular formula is C12H20N4O2S. The molecule has 0 radical (unpaired) electrons. The van der Waals surface area contributed by atoms with Gasteiger partial charge >= 0.3 is 6.03 Å². The van der Waals surface area contributed by atoms with Crippen molar-refractivity contribution in [3.8, 4) is 0 Å². The fraction of sp³-hybridized carbons (Fsp3) is 0.583. The molecule has 0 fully saturated rings. The number of rotatable bonds is 6. The van der Waals surface area contributed by atoms with Crippen LogP contribution >= 0.6 is 11.3 Å². The topological polar surface area (TPSA) is 74.3 Å². The van der Waals surface area contributed by atoms with Crippen molar-refractivity contribution in [1.29, 1.82) is 0 Å². The van der Waals surface area contributed by atoms with Crippen molar-refractivity contribution >= 4 is 23.3 Å². The van der Waals surface area contributed by atoms with Crippen molar-refractivity contribution < 1.29 is 9.59 Å². The van der Waals surface area contributed by atoms with E-state index in [2.05, 4.69) is 15.6 Å². The van der Waals surface area contributed by atoms with Crippen LogP contribution in [0.3, 0.4) is 0 Å². The Morgan fingerprint density at radius 2 is 2.00 bits per heavy atom. The minimum absolute atomic E-state index is 0.00133. The first-order valence-corrected chi connectivity index (χ1v) is 6.94. The lowest BCUT2D eigenvalue weighted by molar-refractivity contribution is -0.128. The second-order valence-electron chi connectivity index (χ2n) is 4.34. The lowest BCUT2D eigenvalue weighted by Crippen LogP contribution is -2.38. The summed E-state index contributed by atoms with van der Waals surface area (Å²) < 4.78 is 0. The second kappa shape index (κ2) is 7.73. The SMILES string of the molecule is Cc1cnc(CCNC(=O)NCCC(=O)N(C)C)s1. The van der Waals surface area contributed by atoms with Gasteiger partial charge in [0.25, 0.3) is 0 Å². The van der Waals surface area contributed by atoms with Crippen molar-refractivity contribution in [3.05, 3.63) is 16.1 Å². The number of aromatic nitrogens is 1. The third-order valence-electron chi connectivity index (χ3n) is 2.42. The number of hydrogen-bond donors (Lipinski definition) is 2. The smallest absolute Gasteiger partial charge is 0.314 e. The summed E-state index contributed by atoms with van der Waals surface area (Å²) in [6, 6.07) is -0.250. The Kier molecular flexibility index (Phi) is 6.27. The molecule has 19 heavy (non-hydrogen) atoms. The molecule has 0 spiro atoms. The molecule has 1 rings (SSSR count). The number of carbonyl (C=O) groups excluding carboxylic acids is 2. The molecule has 1 aromatic rings. The quantitative estimate of drug-likeness (QED) is 0.810. The summed E-state index contributed by atoms with van der Waals surface area (Å²) in [7, 11) is 3.39. The van der Waals surface area contributed by atoms with Crippen LogP contribution in [0.4, 0.5) is 4.79 Å². The van der Waals surface area contributed by atoms with E-state index >= 15 is 0 Å². The third kappa shape index (κ3) is 6.19. The molecule has 1 aromatic heterocycles. The molecule has 3 amide bonds. The second-order valence-corrected chi connectivity index (χ2v) is 5.65. The molecule has 0 aromatic carbocycles. The fourth-order valence-corrected chi connectivity index (χ4v) is 2.16. The maximum absolute atomic E-state index is 11.4. The predicted molar refractivity (Wildman–Crippen MR) is 75.3 cm³/mol. The Morgan fingerprint density at radius 1 is 1.32 bits per heavy atom. The maximum atomic E-state index is 11.4. The standard InChI is InChI=1S/C12H20N4O2S/c1-9-8-15-10(19-9)4-6-13-12(18)14-7-5-11(17)16(2)3/h8H,4-7H2,1-3H3,(H2,13,14,18). The zero-order valence-corrected chi connectivity index (χ0v) is 12.3. The number of aryl methyl sites for hydroxylation is 1. The summed E-state index contributed by atoms with van der Waals surface area (Å²) >= 11 is 1.63. The molecule has 0 aliphatic heterocycles. The van der Waals surface area contributed by atoms with Crippen LogP contribution in [0.2, 0.25) is 0 Å². The molecule has 0 atom stereocenters. The number of urea groups is 1. The Balaban J connectivity index is 2.10. The number of nitrogens with zero attached hydrogens (tertiary/aromatic N) is 2. The van der Waals surface area contributed by atoms with Gasteiger partial charge in [0, 0.05) is 51.1 Å². The largest absolute Gasteiger partial charge is 0.349 e. The monoisotopic (exact) mass is 284 g/mol. The molecule has 7 heteroatoms. The molecule has 0 bridgehead atoms. The van der Waals surface area contributed by atoms with Crippen LogP contribution in [-0.4, -0.2) is 49.0 Å². The van der Waals surface area contributed by atoms with Gasteiger partial charge in [-0.1, -0.05) is 0 Å². The van der Waals surface area contributed by atoms with Gasteiger partial charge in [0.15, 0.2) is 0 Å². The molecule has 2 N–H and O–H groups in total. The van der Waals surface area contributed by atoms with Gasteiger partial charge in [-0.15, -0.1) is 11.3 Å². The van der Waals surface area contributed by atoms with E-state index in [0.29, 0.717) is 19.5 Å². The zero-order chi connectivity index (χ0) is 14.3. The summed E-state index contributed by atoms with van der Waals surface area (Å²) in [5.41, 5.74) is 0. The molecule has 0 saturated carbocycles. The highest BCUT2D eigenvalue weighted by Gasteiger charge is 2.05. The van der Waals surface area contributed by atoms with E-state index in [9.17, 15) is 9.59 Å². The van der Waals surface area contributed by atoms with Crippen LogP contribution in [0.25, 0.3) is 0 Å². The van der Waals surface area contributed by atoms with Gasteiger partial charge in [0.1, 0.15) is 0 Å². The van der Waals surface area contributed by atoms with E-state index in [4.69, 9.17) is 0 Å². The van der Waals surface area contributed by atoms with Gasteiger partial charge in [0.05, 0.1) is 5.01 Å². The van der Waals surface area contributed by atoms with Gasteiger partial charge in [-0.25, -0.2) is 9.78 Å². The molecule has 0 aliphatic carbocycles. The first-order chi connectivity index (χ1) is 8.99.